The fourth-order valence-electron chi connectivity index (χ4n) is 5.21. The van der Waals surface area contributed by atoms with E-state index in [-0.39, 0.29) is 16.8 Å². The van der Waals surface area contributed by atoms with Crippen molar-refractivity contribution in [3.63, 3.8) is 0 Å². The Morgan fingerprint density at radius 1 is 1.29 bits per heavy atom. The predicted octanol–water partition coefficient (Wildman–Crippen LogP) is 1.01. The molecule has 31 heavy (non-hydrogen) atoms. The molecule has 0 spiro atoms. The Kier molecular flexibility index (Phi) is 7.30. The molecule has 0 saturated carbocycles. The van der Waals surface area contributed by atoms with E-state index in [2.05, 4.69) is 21.1 Å². The van der Waals surface area contributed by atoms with Crippen LogP contribution in [0.4, 0.5) is 0 Å². The first-order chi connectivity index (χ1) is 14.9. The quantitative estimate of drug-likeness (QED) is 0.503. The van der Waals surface area contributed by atoms with Crippen LogP contribution in [0.15, 0.2) is 15.6 Å². The number of carbonyl (C=O) groups excluding carboxylic acids is 1. The van der Waals surface area contributed by atoms with Crippen molar-refractivity contribution in [3.8, 4) is 0 Å². The first-order valence-electron chi connectivity index (χ1n) is 11.6. The van der Waals surface area contributed by atoms with Gasteiger partial charge in [0.25, 0.3) is 0 Å². The molecule has 1 aromatic rings. The maximum absolute atomic E-state index is 12.7. The van der Waals surface area contributed by atoms with Crippen LogP contribution in [0.2, 0.25) is 0 Å². The van der Waals surface area contributed by atoms with Crippen LogP contribution in [-0.4, -0.2) is 68.6 Å². The van der Waals surface area contributed by atoms with Gasteiger partial charge in [0.05, 0.1) is 12.2 Å². The van der Waals surface area contributed by atoms with Gasteiger partial charge in [-0.1, -0.05) is 18.0 Å². The number of carbonyl (C=O) groups is 1. The van der Waals surface area contributed by atoms with E-state index < -0.39 is 10.0 Å². The summed E-state index contributed by atoms with van der Waals surface area (Å²) >= 11 is 0. The second-order valence-corrected chi connectivity index (χ2v) is 11.1. The lowest BCUT2D eigenvalue weighted by atomic mass is 9.92. The number of piperidine rings is 2. The van der Waals surface area contributed by atoms with Crippen LogP contribution in [0.3, 0.4) is 0 Å². The Hall–Kier alpha value is -1.49. The van der Waals surface area contributed by atoms with E-state index in [1.54, 1.807) is 11.2 Å². The lowest BCUT2D eigenvalue weighted by molar-refractivity contribution is -0.122. The zero-order valence-electron chi connectivity index (χ0n) is 18.3. The molecule has 0 radical (unpaired) electrons. The van der Waals surface area contributed by atoms with Crippen LogP contribution < -0.4 is 16.0 Å². The first kappa shape index (κ1) is 22.7. The third kappa shape index (κ3) is 5.30. The fourth-order valence-corrected chi connectivity index (χ4v) is 6.76. The van der Waals surface area contributed by atoms with Crippen LogP contribution >= 0.6 is 0 Å². The molecule has 9 nitrogen and oxygen atoms in total. The summed E-state index contributed by atoms with van der Waals surface area (Å²) in [5.74, 6) is 1.59. The normalized spacial score (nSPS) is 27.8. The second-order valence-electron chi connectivity index (χ2n) is 9.19. The Bertz CT molecular complexity index is 836. The smallest absolute Gasteiger partial charge is 0.248 e. The summed E-state index contributed by atoms with van der Waals surface area (Å²) in [6, 6.07) is 0.440. The molecule has 3 saturated heterocycles. The minimum absolute atomic E-state index is 0.0461. The summed E-state index contributed by atoms with van der Waals surface area (Å²) < 4.78 is 31.9. The largest absolute Gasteiger partial charge is 0.360 e. The zero-order chi connectivity index (χ0) is 21.8. The van der Waals surface area contributed by atoms with Gasteiger partial charge in [0.2, 0.25) is 15.9 Å². The highest BCUT2D eigenvalue weighted by atomic mass is 32.2. The van der Waals surface area contributed by atoms with Crippen molar-refractivity contribution in [1.29, 1.82) is 0 Å². The maximum atomic E-state index is 12.7. The maximum Gasteiger partial charge on any atom is 0.248 e. The number of rotatable bonds is 8. The molecule has 10 heteroatoms. The molecule has 3 aliphatic rings. The minimum atomic E-state index is -3.51. The van der Waals surface area contributed by atoms with Crippen molar-refractivity contribution in [3.05, 3.63) is 12.0 Å². The van der Waals surface area contributed by atoms with Gasteiger partial charge in [-0.25, -0.2) is 8.42 Å². The van der Waals surface area contributed by atoms with Crippen molar-refractivity contribution >= 4 is 15.9 Å². The van der Waals surface area contributed by atoms with Crippen LogP contribution in [0, 0.1) is 18.8 Å². The minimum Gasteiger partial charge on any atom is -0.360 e. The molecule has 3 N–H and O–H groups in total. The molecular weight excluding hydrogens is 418 g/mol. The Balaban J connectivity index is 1.11. The van der Waals surface area contributed by atoms with Crippen LogP contribution in [0.1, 0.15) is 50.7 Å². The Labute approximate surface area is 184 Å². The summed E-state index contributed by atoms with van der Waals surface area (Å²) in [6.07, 6.45) is 8.16. The lowest BCUT2D eigenvalue weighted by Gasteiger charge is -2.31. The predicted molar refractivity (Wildman–Crippen MR) is 116 cm³/mol. The van der Waals surface area contributed by atoms with Crippen molar-refractivity contribution in [2.45, 2.75) is 68.8 Å². The number of unbranched alkanes of at least 4 members (excludes halogenated alkanes) is 1. The third-order valence-corrected chi connectivity index (χ3v) is 9.11. The highest BCUT2D eigenvalue weighted by Gasteiger charge is 2.38. The van der Waals surface area contributed by atoms with Gasteiger partial charge in [-0.05, 0) is 64.0 Å². The molecule has 3 atom stereocenters. The van der Waals surface area contributed by atoms with E-state index >= 15 is 0 Å². The molecule has 1 amide bonds. The zero-order valence-corrected chi connectivity index (χ0v) is 19.1. The molecular formula is C21H35N5O4S. The molecule has 1 aromatic heterocycles. The average Bonchev–Trinajstić information content (AvgIpc) is 3.40. The summed E-state index contributed by atoms with van der Waals surface area (Å²) in [7, 11) is -3.51. The number of nitrogens with one attached hydrogen (secondary N) is 3. The van der Waals surface area contributed by atoms with Gasteiger partial charge >= 0.3 is 0 Å². The number of hydrogen-bond acceptors (Lipinski definition) is 7. The molecule has 0 bridgehead atoms. The molecule has 0 aliphatic carbocycles. The molecule has 3 fully saturated rings. The SMILES string of the molecule is Cc1oncc1S(=O)(=O)N1CCC(CCCCNC(=O)C2CC3CNCCC3N2)CC1. The molecule has 174 valence electrons. The summed E-state index contributed by atoms with van der Waals surface area (Å²) in [4.78, 5) is 12.6. The van der Waals surface area contributed by atoms with Crippen molar-refractivity contribution in [2.75, 3.05) is 32.7 Å². The number of aromatic nitrogens is 1. The van der Waals surface area contributed by atoms with Crippen LogP contribution in [0.5, 0.6) is 0 Å². The van der Waals surface area contributed by atoms with Crippen LogP contribution in [0.25, 0.3) is 0 Å². The molecule has 4 heterocycles. The number of hydrogen-bond donors (Lipinski definition) is 3. The first-order valence-corrected chi connectivity index (χ1v) is 13.0. The van der Waals surface area contributed by atoms with Gasteiger partial charge in [0.15, 0.2) is 5.76 Å². The van der Waals surface area contributed by atoms with E-state index in [0.717, 1.165) is 58.0 Å². The number of amides is 1. The van der Waals surface area contributed by atoms with Gasteiger partial charge in [-0.2, -0.15) is 4.31 Å². The van der Waals surface area contributed by atoms with Gasteiger partial charge in [-0.3, -0.25) is 4.79 Å². The number of fused-ring (bicyclic) bond motifs is 1. The third-order valence-electron chi connectivity index (χ3n) is 7.11. The van der Waals surface area contributed by atoms with Gasteiger partial charge in [0, 0.05) is 25.7 Å². The summed E-state index contributed by atoms with van der Waals surface area (Å²) in [5.41, 5.74) is 0. The molecule has 3 aliphatic heterocycles. The summed E-state index contributed by atoms with van der Waals surface area (Å²) in [5, 5.41) is 13.6. The highest BCUT2D eigenvalue weighted by Crippen LogP contribution is 2.28. The molecule has 3 unspecified atom stereocenters. The monoisotopic (exact) mass is 453 g/mol. The van der Waals surface area contributed by atoms with E-state index in [9.17, 15) is 13.2 Å². The van der Waals surface area contributed by atoms with Crippen LogP contribution in [-0.2, 0) is 14.8 Å². The van der Waals surface area contributed by atoms with E-state index in [1.165, 1.54) is 6.20 Å². The Morgan fingerprint density at radius 2 is 2.10 bits per heavy atom. The van der Waals surface area contributed by atoms with Gasteiger partial charge in [0.1, 0.15) is 4.90 Å². The number of nitrogens with zero attached hydrogens (tertiary/aromatic N) is 2. The van der Waals surface area contributed by atoms with E-state index in [1.807, 2.05) is 0 Å². The Morgan fingerprint density at radius 3 is 2.81 bits per heavy atom. The average molecular weight is 454 g/mol. The number of sulfonamides is 1. The summed E-state index contributed by atoms with van der Waals surface area (Å²) in [6.45, 7) is 5.47. The standard InChI is InChI=1S/C21H35N5O4S/c1-15-20(14-24-30-15)31(28,29)26-10-6-16(7-11-26)4-2-3-8-23-21(27)19-12-17-13-22-9-5-18(17)25-19/h14,16-19,22,25H,2-13H2,1H3,(H,23,27). The fraction of sp³-hybridized carbons (Fsp3) is 0.810. The van der Waals surface area contributed by atoms with E-state index in [4.69, 9.17) is 4.52 Å². The van der Waals surface area contributed by atoms with Crippen molar-refractivity contribution in [2.24, 2.45) is 11.8 Å². The highest BCUT2D eigenvalue weighted by molar-refractivity contribution is 7.89. The molecule has 0 aromatic carbocycles. The lowest BCUT2D eigenvalue weighted by Crippen LogP contribution is -2.45. The van der Waals surface area contributed by atoms with Crippen molar-refractivity contribution in [1.82, 2.24) is 25.4 Å². The molecule has 4 rings (SSSR count). The number of aryl methyl sites for hydroxylation is 1. The van der Waals surface area contributed by atoms with Gasteiger partial charge in [-0.15, -0.1) is 0 Å². The van der Waals surface area contributed by atoms with Gasteiger partial charge < -0.3 is 20.5 Å². The topological polar surface area (TPSA) is 117 Å². The second kappa shape index (κ2) is 9.97. The van der Waals surface area contributed by atoms with Crippen molar-refractivity contribution < 1.29 is 17.7 Å². The van der Waals surface area contributed by atoms with E-state index in [0.29, 0.717) is 43.3 Å².